The predicted molar refractivity (Wildman–Crippen MR) is 132 cm³/mol. The molecule has 180 valence electrons. The van der Waals surface area contributed by atoms with Crippen LogP contribution in [0.15, 0.2) is 29.8 Å². The van der Waals surface area contributed by atoms with E-state index in [4.69, 9.17) is 14.2 Å². The van der Waals surface area contributed by atoms with E-state index in [-0.39, 0.29) is 18.9 Å². The van der Waals surface area contributed by atoms with Crippen LogP contribution < -0.4 is 14.8 Å². The fraction of sp³-hybridized carbons (Fsp3) is 0.269. The number of nitrogens with zero attached hydrogens (tertiary/aromatic N) is 2. The molecule has 1 aliphatic heterocycles. The smallest absolute Gasteiger partial charge is 0.341 e. The van der Waals surface area contributed by atoms with Crippen LogP contribution in [-0.4, -0.2) is 30.3 Å². The van der Waals surface area contributed by atoms with Crippen LogP contribution in [0, 0.1) is 39.0 Å². The van der Waals surface area contributed by atoms with E-state index in [9.17, 15) is 14.9 Å². The van der Waals surface area contributed by atoms with Gasteiger partial charge in [-0.25, -0.2) is 4.79 Å². The van der Waals surface area contributed by atoms with E-state index < -0.39 is 11.9 Å². The number of carbonyl (C=O) groups is 2. The second kappa shape index (κ2) is 9.68. The molecule has 0 spiro atoms. The molecular formula is C26H25N3O5S. The lowest BCUT2D eigenvalue weighted by Crippen LogP contribution is -2.23. The second-order valence-corrected chi connectivity index (χ2v) is 9.36. The molecule has 0 saturated carbocycles. The van der Waals surface area contributed by atoms with Gasteiger partial charge in [-0.3, -0.25) is 4.79 Å². The first-order chi connectivity index (χ1) is 16.7. The largest absolute Gasteiger partial charge is 0.465 e. The van der Waals surface area contributed by atoms with Gasteiger partial charge < -0.3 is 24.1 Å². The maximum Gasteiger partial charge on any atom is 0.341 e. The monoisotopic (exact) mass is 491 g/mol. The first-order valence-electron chi connectivity index (χ1n) is 10.9. The highest BCUT2D eigenvalue weighted by Crippen LogP contribution is 2.35. The molecule has 3 heterocycles. The van der Waals surface area contributed by atoms with E-state index in [2.05, 4.69) is 5.32 Å². The Hall–Kier alpha value is -4.03. The molecule has 0 atom stereocenters. The van der Waals surface area contributed by atoms with Crippen molar-refractivity contribution in [2.24, 2.45) is 0 Å². The number of aryl methyl sites for hydroxylation is 2. The van der Waals surface area contributed by atoms with Gasteiger partial charge in [0, 0.05) is 22.8 Å². The predicted octanol–water partition coefficient (Wildman–Crippen LogP) is 4.51. The lowest BCUT2D eigenvalue weighted by atomic mass is 10.1. The topological polar surface area (TPSA) is 103 Å². The maximum atomic E-state index is 12.8. The lowest BCUT2D eigenvalue weighted by Gasteiger charge is -2.10. The summed E-state index contributed by atoms with van der Waals surface area (Å²) in [6, 6.07) is 9.32. The molecule has 9 heteroatoms. The average Bonchev–Trinajstić information content (AvgIpc) is 3.50. The van der Waals surface area contributed by atoms with Gasteiger partial charge in [0.25, 0.3) is 5.91 Å². The number of carbonyl (C=O) groups excluding carboxylic acids is 2. The minimum absolute atomic E-state index is 0.0160. The number of hydrogen-bond donors (Lipinski definition) is 1. The molecule has 0 saturated heterocycles. The summed E-state index contributed by atoms with van der Waals surface area (Å²) in [6.07, 6.45) is 1.57. The van der Waals surface area contributed by atoms with Gasteiger partial charge in [-0.05, 0) is 68.7 Å². The van der Waals surface area contributed by atoms with E-state index in [0.29, 0.717) is 17.1 Å². The first-order valence-corrected chi connectivity index (χ1v) is 11.7. The number of hydrogen-bond acceptors (Lipinski definition) is 7. The van der Waals surface area contributed by atoms with Crippen LogP contribution >= 0.6 is 11.3 Å². The zero-order valence-electron chi connectivity index (χ0n) is 20.1. The Morgan fingerprint density at radius 2 is 1.94 bits per heavy atom. The van der Waals surface area contributed by atoms with Crippen molar-refractivity contribution in [3.8, 4) is 22.6 Å². The minimum Gasteiger partial charge on any atom is -0.465 e. The summed E-state index contributed by atoms with van der Waals surface area (Å²) in [5.41, 5.74) is 4.62. The van der Waals surface area contributed by atoms with E-state index in [0.717, 1.165) is 38.0 Å². The van der Waals surface area contributed by atoms with Gasteiger partial charge >= 0.3 is 5.97 Å². The fourth-order valence-electron chi connectivity index (χ4n) is 3.99. The van der Waals surface area contributed by atoms with Crippen LogP contribution in [-0.2, 0) is 16.1 Å². The Kier molecular flexibility index (Phi) is 6.67. The third kappa shape index (κ3) is 4.53. The zero-order chi connectivity index (χ0) is 25.3. The number of fused-ring (bicyclic) bond motifs is 1. The molecule has 35 heavy (non-hydrogen) atoms. The third-order valence-electron chi connectivity index (χ3n) is 5.98. The standard InChI is InChI=1S/C26H25N3O5S/c1-14-8-19(16(3)29(14)25-23(26(31)32-5)15(2)17(4)35-25)10-20(11-27)24(30)28-12-18-6-7-21-22(9-18)34-13-33-21/h6-10H,12-13H2,1-5H3,(H,28,30)/b20-10+. The summed E-state index contributed by atoms with van der Waals surface area (Å²) in [4.78, 5) is 26.3. The van der Waals surface area contributed by atoms with Crippen molar-refractivity contribution in [2.45, 2.75) is 34.2 Å². The molecule has 1 amide bonds. The average molecular weight is 492 g/mol. The molecule has 1 aliphatic rings. The molecule has 8 nitrogen and oxygen atoms in total. The molecule has 2 aromatic heterocycles. The molecule has 1 aromatic carbocycles. The number of nitriles is 1. The van der Waals surface area contributed by atoms with Gasteiger partial charge in [0.2, 0.25) is 6.79 Å². The van der Waals surface area contributed by atoms with Gasteiger partial charge in [0.15, 0.2) is 11.5 Å². The van der Waals surface area contributed by atoms with Gasteiger partial charge in [-0.2, -0.15) is 5.26 Å². The molecule has 0 unspecified atom stereocenters. The first kappa shape index (κ1) is 24.1. The van der Waals surface area contributed by atoms with Gasteiger partial charge in [0.05, 0.1) is 12.7 Å². The van der Waals surface area contributed by atoms with Crippen molar-refractivity contribution in [1.29, 1.82) is 5.26 Å². The molecule has 0 fully saturated rings. The molecule has 0 radical (unpaired) electrons. The highest BCUT2D eigenvalue weighted by molar-refractivity contribution is 7.15. The Morgan fingerprint density at radius 3 is 2.66 bits per heavy atom. The molecule has 3 aromatic rings. The highest BCUT2D eigenvalue weighted by atomic mass is 32.1. The van der Waals surface area contributed by atoms with Crippen LogP contribution in [0.25, 0.3) is 11.1 Å². The number of benzene rings is 1. The highest BCUT2D eigenvalue weighted by Gasteiger charge is 2.24. The van der Waals surface area contributed by atoms with Crippen LogP contribution in [0.1, 0.15) is 43.3 Å². The summed E-state index contributed by atoms with van der Waals surface area (Å²) in [5.74, 6) is 0.422. The van der Waals surface area contributed by atoms with Gasteiger partial charge in [-0.15, -0.1) is 11.3 Å². The van der Waals surface area contributed by atoms with Crippen molar-refractivity contribution < 1.29 is 23.8 Å². The number of rotatable bonds is 6. The lowest BCUT2D eigenvalue weighted by molar-refractivity contribution is -0.117. The quantitative estimate of drug-likeness (QED) is 0.309. The number of esters is 1. The number of nitrogens with one attached hydrogen (secondary N) is 1. The number of thiophene rings is 1. The Morgan fingerprint density at radius 1 is 1.20 bits per heavy atom. The number of ether oxygens (including phenoxy) is 3. The maximum absolute atomic E-state index is 12.8. The van der Waals surface area contributed by atoms with Crippen molar-refractivity contribution in [3.05, 3.63) is 68.4 Å². The fourth-order valence-corrected chi connectivity index (χ4v) is 5.24. The Balaban J connectivity index is 1.60. The van der Waals surface area contributed by atoms with Crippen molar-refractivity contribution >= 4 is 29.3 Å². The van der Waals surface area contributed by atoms with E-state index in [1.807, 2.05) is 50.5 Å². The molecule has 0 bridgehead atoms. The Labute approximate surface area is 207 Å². The summed E-state index contributed by atoms with van der Waals surface area (Å²) in [5, 5.41) is 13.2. The summed E-state index contributed by atoms with van der Waals surface area (Å²) in [6.45, 7) is 8.09. The third-order valence-corrected chi connectivity index (χ3v) is 7.18. The molecular weight excluding hydrogens is 466 g/mol. The van der Waals surface area contributed by atoms with E-state index in [1.165, 1.54) is 18.4 Å². The van der Waals surface area contributed by atoms with E-state index in [1.54, 1.807) is 18.2 Å². The SMILES string of the molecule is COC(=O)c1c(-n2c(C)cc(/C=C(\C#N)C(=O)NCc3ccc4c(c3)OCO4)c2C)sc(C)c1C. The van der Waals surface area contributed by atoms with E-state index >= 15 is 0 Å². The minimum atomic E-state index is -0.479. The normalized spacial score (nSPS) is 12.4. The van der Waals surface area contributed by atoms with Crippen molar-refractivity contribution in [2.75, 3.05) is 13.9 Å². The van der Waals surface area contributed by atoms with Gasteiger partial charge in [0.1, 0.15) is 16.6 Å². The van der Waals surface area contributed by atoms with Crippen LogP contribution in [0.4, 0.5) is 0 Å². The van der Waals surface area contributed by atoms with Crippen molar-refractivity contribution in [1.82, 2.24) is 9.88 Å². The second-order valence-electron chi connectivity index (χ2n) is 8.16. The Bertz CT molecular complexity index is 1410. The summed E-state index contributed by atoms with van der Waals surface area (Å²) in [7, 11) is 1.36. The van der Waals surface area contributed by atoms with Crippen molar-refractivity contribution in [3.63, 3.8) is 0 Å². The number of aromatic nitrogens is 1. The zero-order valence-corrected chi connectivity index (χ0v) is 21.0. The molecule has 1 N–H and O–H groups in total. The number of methoxy groups -OCH3 is 1. The molecule has 4 rings (SSSR count). The van der Waals surface area contributed by atoms with Crippen LogP contribution in [0.2, 0.25) is 0 Å². The van der Waals surface area contributed by atoms with Crippen LogP contribution in [0.3, 0.4) is 0 Å². The summed E-state index contributed by atoms with van der Waals surface area (Å²) < 4.78 is 17.6. The van der Waals surface area contributed by atoms with Gasteiger partial charge in [-0.1, -0.05) is 6.07 Å². The summed E-state index contributed by atoms with van der Waals surface area (Å²) >= 11 is 1.50. The number of amides is 1. The molecule has 0 aliphatic carbocycles. The van der Waals surface area contributed by atoms with Crippen LogP contribution in [0.5, 0.6) is 11.5 Å².